The number of nitrogens with two attached hydrogens (primary N) is 1. The van der Waals surface area contributed by atoms with E-state index in [1.807, 2.05) is 35.2 Å². The van der Waals surface area contributed by atoms with E-state index in [9.17, 15) is 9.59 Å². The van der Waals surface area contributed by atoms with Gasteiger partial charge in [-0.25, -0.2) is 4.79 Å². The standard InChI is InChI=1S/C18H25N3O3/c1-13(19)17(22)20-10-9-16(11-20)21(15-7-8-15)18(23)24-12-14-5-3-2-4-6-14/h2-6,13,15-16H,7-12,19H2,1H3/t13-,16-/m0/s1. The lowest BCUT2D eigenvalue weighted by Gasteiger charge is -2.28. The van der Waals surface area contributed by atoms with Crippen molar-refractivity contribution in [2.45, 2.75) is 50.9 Å². The number of carbonyl (C=O) groups excluding carboxylic acids is 2. The topological polar surface area (TPSA) is 75.9 Å². The minimum Gasteiger partial charge on any atom is -0.445 e. The Kier molecular flexibility index (Phi) is 5.04. The fourth-order valence-electron chi connectivity index (χ4n) is 3.20. The molecular formula is C18H25N3O3. The van der Waals surface area contributed by atoms with E-state index in [0.717, 1.165) is 24.8 Å². The van der Waals surface area contributed by atoms with E-state index in [4.69, 9.17) is 10.5 Å². The summed E-state index contributed by atoms with van der Waals surface area (Å²) < 4.78 is 5.51. The van der Waals surface area contributed by atoms with Crippen molar-refractivity contribution in [3.63, 3.8) is 0 Å². The lowest BCUT2D eigenvalue weighted by atomic mass is 10.2. The van der Waals surface area contributed by atoms with Crippen LogP contribution in [0.2, 0.25) is 0 Å². The third-order valence-corrected chi connectivity index (χ3v) is 4.61. The zero-order valence-electron chi connectivity index (χ0n) is 14.1. The minimum atomic E-state index is -0.497. The number of hydrogen-bond acceptors (Lipinski definition) is 4. The van der Waals surface area contributed by atoms with E-state index in [2.05, 4.69) is 0 Å². The summed E-state index contributed by atoms with van der Waals surface area (Å²) in [5.74, 6) is -0.0501. The molecule has 2 fully saturated rings. The van der Waals surface area contributed by atoms with E-state index in [-0.39, 0.29) is 30.7 Å². The highest BCUT2D eigenvalue weighted by Gasteiger charge is 2.42. The van der Waals surface area contributed by atoms with Crippen molar-refractivity contribution >= 4 is 12.0 Å². The number of hydrogen-bond donors (Lipinski definition) is 1. The molecule has 0 aromatic heterocycles. The Bertz CT molecular complexity index is 586. The SMILES string of the molecule is C[C@H](N)C(=O)N1CC[C@H](N(C(=O)OCc2ccccc2)C2CC2)C1. The number of amides is 2. The molecule has 3 rings (SSSR count). The van der Waals surface area contributed by atoms with Crippen LogP contribution in [0.15, 0.2) is 30.3 Å². The van der Waals surface area contributed by atoms with Crippen LogP contribution in [0.5, 0.6) is 0 Å². The summed E-state index contributed by atoms with van der Waals surface area (Å²) in [6, 6.07) is 9.45. The molecule has 2 N–H and O–H groups in total. The molecule has 1 saturated carbocycles. The van der Waals surface area contributed by atoms with Gasteiger partial charge in [-0.1, -0.05) is 30.3 Å². The monoisotopic (exact) mass is 331 g/mol. The summed E-state index contributed by atoms with van der Waals surface area (Å²) in [7, 11) is 0. The van der Waals surface area contributed by atoms with Crippen LogP contribution in [0.3, 0.4) is 0 Å². The van der Waals surface area contributed by atoms with Crippen molar-refractivity contribution in [1.82, 2.24) is 9.80 Å². The first-order valence-corrected chi connectivity index (χ1v) is 8.59. The molecule has 6 nitrogen and oxygen atoms in total. The van der Waals surface area contributed by atoms with Gasteiger partial charge in [-0.15, -0.1) is 0 Å². The van der Waals surface area contributed by atoms with E-state index in [1.165, 1.54) is 0 Å². The van der Waals surface area contributed by atoms with Gasteiger partial charge in [0, 0.05) is 19.1 Å². The van der Waals surface area contributed by atoms with Gasteiger partial charge in [0.2, 0.25) is 5.91 Å². The van der Waals surface area contributed by atoms with Crippen molar-refractivity contribution in [3.05, 3.63) is 35.9 Å². The van der Waals surface area contributed by atoms with Gasteiger partial charge in [-0.3, -0.25) is 4.79 Å². The van der Waals surface area contributed by atoms with Crippen molar-refractivity contribution in [1.29, 1.82) is 0 Å². The molecule has 2 atom stereocenters. The molecule has 0 unspecified atom stereocenters. The Balaban J connectivity index is 1.59. The number of likely N-dealkylation sites (tertiary alicyclic amines) is 1. The largest absolute Gasteiger partial charge is 0.445 e. The molecule has 6 heteroatoms. The third-order valence-electron chi connectivity index (χ3n) is 4.61. The summed E-state index contributed by atoms with van der Waals surface area (Å²) in [6.45, 7) is 3.18. The van der Waals surface area contributed by atoms with Gasteiger partial charge in [0.25, 0.3) is 0 Å². The number of nitrogens with zero attached hydrogens (tertiary/aromatic N) is 2. The second-order valence-corrected chi connectivity index (χ2v) is 6.69. The average Bonchev–Trinajstić information content (AvgIpc) is 3.30. The third kappa shape index (κ3) is 3.87. The van der Waals surface area contributed by atoms with Gasteiger partial charge in [0.05, 0.1) is 12.1 Å². The van der Waals surface area contributed by atoms with E-state index >= 15 is 0 Å². The van der Waals surface area contributed by atoms with Crippen molar-refractivity contribution in [2.24, 2.45) is 5.73 Å². The smallest absolute Gasteiger partial charge is 0.410 e. The predicted molar refractivity (Wildman–Crippen MR) is 90.1 cm³/mol. The van der Waals surface area contributed by atoms with E-state index in [0.29, 0.717) is 13.1 Å². The summed E-state index contributed by atoms with van der Waals surface area (Å²) >= 11 is 0. The molecule has 2 amide bonds. The molecule has 1 aliphatic heterocycles. The van der Waals surface area contributed by atoms with Crippen LogP contribution in [-0.2, 0) is 16.1 Å². The Morgan fingerprint density at radius 3 is 2.58 bits per heavy atom. The maximum atomic E-state index is 12.6. The molecular weight excluding hydrogens is 306 g/mol. The van der Waals surface area contributed by atoms with Crippen LogP contribution < -0.4 is 5.73 Å². The molecule has 1 aliphatic carbocycles. The molecule has 130 valence electrons. The van der Waals surface area contributed by atoms with Crippen LogP contribution >= 0.6 is 0 Å². The molecule has 0 spiro atoms. The maximum Gasteiger partial charge on any atom is 0.410 e. The zero-order valence-corrected chi connectivity index (χ0v) is 14.1. The number of ether oxygens (including phenoxy) is 1. The van der Waals surface area contributed by atoms with Crippen molar-refractivity contribution in [3.8, 4) is 0 Å². The van der Waals surface area contributed by atoms with Gasteiger partial charge in [-0.05, 0) is 31.7 Å². The van der Waals surface area contributed by atoms with Crippen LogP contribution in [-0.4, -0.2) is 53.0 Å². The molecule has 1 aromatic rings. The van der Waals surface area contributed by atoms with Crippen molar-refractivity contribution in [2.75, 3.05) is 13.1 Å². The average molecular weight is 331 g/mol. The fourth-order valence-corrected chi connectivity index (χ4v) is 3.20. The fraction of sp³-hybridized carbons (Fsp3) is 0.556. The molecule has 1 heterocycles. The summed E-state index contributed by atoms with van der Waals surface area (Å²) in [5, 5.41) is 0. The first kappa shape index (κ1) is 16.8. The number of rotatable bonds is 5. The highest BCUT2D eigenvalue weighted by atomic mass is 16.6. The quantitative estimate of drug-likeness (QED) is 0.891. The Labute approximate surface area is 142 Å². The second-order valence-electron chi connectivity index (χ2n) is 6.69. The van der Waals surface area contributed by atoms with Crippen LogP contribution in [0.25, 0.3) is 0 Å². The number of benzene rings is 1. The van der Waals surface area contributed by atoms with Crippen LogP contribution in [0, 0.1) is 0 Å². The van der Waals surface area contributed by atoms with Crippen molar-refractivity contribution < 1.29 is 14.3 Å². The lowest BCUT2D eigenvalue weighted by molar-refractivity contribution is -0.131. The van der Waals surface area contributed by atoms with Crippen LogP contribution in [0.4, 0.5) is 4.79 Å². The van der Waals surface area contributed by atoms with Gasteiger partial charge in [0.1, 0.15) is 6.61 Å². The normalized spacial score (nSPS) is 21.4. The molecule has 2 aliphatic rings. The van der Waals surface area contributed by atoms with Crippen LogP contribution in [0.1, 0.15) is 31.7 Å². The Morgan fingerprint density at radius 1 is 1.25 bits per heavy atom. The molecule has 1 saturated heterocycles. The highest BCUT2D eigenvalue weighted by Crippen LogP contribution is 2.32. The highest BCUT2D eigenvalue weighted by molar-refractivity contribution is 5.81. The lowest BCUT2D eigenvalue weighted by Crippen LogP contribution is -2.46. The van der Waals surface area contributed by atoms with Gasteiger partial charge in [0.15, 0.2) is 0 Å². The molecule has 1 aromatic carbocycles. The van der Waals surface area contributed by atoms with Gasteiger partial charge < -0.3 is 20.3 Å². The van der Waals surface area contributed by atoms with Gasteiger partial charge in [-0.2, -0.15) is 0 Å². The predicted octanol–water partition coefficient (Wildman–Crippen LogP) is 1.74. The minimum absolute atomic E-state index is 0.0310. The van der Waals surface area contributed by atoms with E-state index in [1.54, 1.807) is 11.8 Å². The summed E-state index contributed by atoms with van der Waals surface area (Å²) in [4.78, 5) is 28.2. The molecule has 24 heavy (non-hydrogen) atoms. The summed E-state index contributed by atoms with van der Waals surface area (Å²) in [6.07, 6.45) is 2.53. The maximum absolute atomic E-state index is 12.6. The van der Waals surface area contributed by atoms with E-state index < -0.39 is 6.04 Å². The molecule has 0 bridgehead atoms. The molecule has 0 radical (unpaired) electrons. The number of carbonyl (C=O) groups is 2. The first-order chi connectivity index (χ1) is 11.6. The second kappa shape index (κ2) is 7.21. The van der Waals surface area contributed by atoms with Gasteiger partial charge >= 0.3 is 6.09 Å². The Hall–Kier alpha value is -2.08. The Morgan fingerprint density at radius 2 is 1.96 bits per heavy atom. The zero-order chi connectivity index (χ0) is 17.1. The summed E-state index contributed by atoms with van der Waals surface area (Å²) in [5.41, 5.74) is 6.66. The first-order valence-electron chi connectivity index (χ1n) is 8.59.